The van der Waals surface area contributed by atoms with Gasteiger partial charge in [0.05, 0.1) is 11.2 Å². The van der Waals surface area contributed by atoms with Crippen molar-refractivity contribution in [2.45, 2.75) is 58.2 Å². The molecule has 1 aliphatic carbocycles. The number of aliphatic hydroxyl groups is 1. The van der Waals surface area contributed by atoms with Gasteiger partial charge in [-0.3, -0.25) is 0 Å². The van der Waals surface area contributed by atoms with E-state index < -0.39 is 11.2 Å². The lowest BCUT2D eigenvalue weighted by Gasteiger charge is -2.37. The minimum atomic E-state index is -0.942. The van der Waals surface area contributed by atoms with Gasteiger partial charge in [-0.25, -0.2) is 0 Å². The third kappa shape index (κ3) is 3.77. The maximum absolute atomic E-state index is 10.6. The van der Waals surface area contributed by atoms with Crippen LogP contribution in [0.3, 0.4) is 0 Å². The van der Waals surface area contributed by atoms with E-state index in [1.165, 1.54) is 53.6 Å². The van der Waals surface area contributed by atoms with Crippen LogP contribution in [0.5, 0.6) is 0 Å². The Balaban J connectivity index is 1.51. The minimum Gasteiger partial charge on any atom is -0.427 e. The number of hydrogen-bond donors (Lipinski definition) is 1. The van der Waals surface area contributed by atoms with Crippen LogP contribution in [-0.2, 0) is 10.1 Å². The van der Waals surface area contributed by atoms with Crippen LogP contribution < -0.4 is 5.46 Å². The Morgan fingerprint density at radius 1 is 0.784 bits per heavy atom. The van der Waals surface area contributed by atoms with Gasteiger partial charge in [-0.2, -0.15) is 0 Å². The summed E-state index contributed by atoms with van der Waals surface area (Å²) < 4.78 is 8.84. The lowest BCUT2D eigenvalue weighted by molar-refractivity contribution is -0.0893. The smallest absolute Gasteiger partial charge is 0.310 e. The first-order valence-corrected chi connectivity index (χ1v) is 13.8. The monoisotopic (exact) mass is 504 g/mol. The van der Waals surface area contributed by atoms with Crippen molar-refractivity contribution in [1.29, 1.82) is 0 Å². The predicted octanol–water partition coefficient (Wildman–Crippen LogP) is 7.57. The third-order valence-electron chi connectivity index (χ3n) is 8.56. The van der Waals surface area contributed by atoms with E-state index in [1.807, 2.05) is 25.2 Å². The van der Waals surface area contributed by atoms with Gasteiger partial charge in [0.15, 0.2) is 0 Å². The second kappa shape index (κ2) is 8.29. The van der Waals surface area contributed by atoms with Gasteiger partial charge in [0, 0.05) is 20.2 Å². The Hall–Kier alpha value is -2.92. The van der Waals surface area contributed by atoms with Crippen LogP contribution in [0, 0.1) is 0 Å². The van der Waals surface area contributed by atoms with E-state index in [1.54, 1.807) is 13.8 Å². The van der Waals surface area contributed by atoms with Crippen molar-refractivity contribution >= 4 is 44.5 Å². The van der Waals surface area contributed by atoms with Crippen molar-refractivity contribution in [2.24, 2.45) is 0 Å². The van der Waals surface area contributed by atoms with Crippen molar-refractivity contribution in [3.63, 3.8) is 0 Å². The average molecular weight is 505 g/mol. The Morgan fingerprint density at radius 3 is 2.27 bits per heavy atom. The molecule has 0 saturated heterocycles. The largest absolute Gasteiger partial charge is 0.427 e. The highest BCUT2D eigenvalue weighted by atomic mass is 32.1. The van der Waals surface area contributed by atoms with Crippen molar-refractivity contribution < 1.29 is 9.76 Å². The standard InChI is InChI=1S/C33H33BO2S/c1-31(2)24-13-8-7-11-22(24)29-21(12-9-14-25(29)31)20-17-18-27-23(19-20)30-26(15-10-16-28(30)37-27)34-36-33(5,6)32(3,4)35/h7-19,34-35H,1-6H3. The summed E-state index contributed by atoms with van der Waals surface area (Å²) in [7, 11) is 0.451. The summed E-state index contributed by atoms with van der Waals surface area (Å²) in [6.45, 7) is 12.2. The van der Waals surface area contributed by atoms with Gasteiger partial charge < -0.3 is 9.76 Å². The molecule has 0 saturated carbocycles. The van der Waals surface area contributed by atoms with Crippen molar-refractivity contribution in [3.8, 4) is 22.3 Å². The molecule has 0 atom stereocenters. The zero-order chi connectivity index (χ0) is 26.2. The summed E-state index contributed by atoms with van der Waals surface area (Å²) in [6, 6.07) is 29.0. The fraction of sp³-hybridized carbons (Fsp3) is 0.273. The van der Waals surface area contributed by atoms with Crippen LogP contribution in [0.1, 0.15) is 52.7 Å². The Kier molecular flexibility index (Phi) is 5.47. The molecule has 2 nitrogen and oxygen atoms in total. The minimum absolute atomic E-state index is 0.0150. The number of rotatable bonds is 5. The molecule has 0 radical (unpaired) electrons. The van der Waals surface area contributed by atoms with Gasteiger partial charge in [0.25, 0.3) is 0 Å². The van der Waals surface area contributed by atoms with E-state index in [0.29, 0.717) is 7.48 Å². The molecule has 0 bridgehead atoms. The van der Waals surface area contributed by atoms with Crippen molar-refractivity contribution in [3.05, 3.63) is 90.0 Å². The van der Waals surface area contributed by atoms with Gasteiger partial charge in [0.2, 0.25) is 0 Å². The lowest BCUT2D eigenvalue weighted by atomic mass is 9.80. The molecule has 0 unspecified atom stereocenters. The van der Waals surface area contributed by atoms with Gasteiger partial charge in [-0.05, 0) is 90.1 Å². The number of benzene rings is 4. The highest BCUT2D eigenvalue weighted by molar-refractivity contribution is 7.26. The molecular formula is C33H33BO2S. The van der Waals surface area contributed by atoms with E-state index >= 15 is 0 Å². The molecule has 0 fully saturated rings. The molecule has 4 aromatic carbocycles. The summed E-state index contributed by atoms with van der Waals surface area (Å²) in [5.41, 5.74) is 7.55. The molecule has 0 amide bonds. The average Bonchev–Trinajstić information content (AvgIpc) is 3.35. The van der Waals surface area contributed by atoms with E-state index in [4.69, 9.17) is 4.65 Å². The van der Waals surface area contributed by atoms with Crippen LogP contribution in [0.15, 0.2) is 78.9 Å². The van der Waals surface area contributed by atoms with E-state index in [2.05, 4.69) is 92.7 Å². The number of fused-ring (bicyclic) bond motifs is 6. The summed E-state index contributed by atoms with van der Waals surface area (Å²) in [6.07, 6.45) is 0. The Bertz CT molecular complexity index is 1670. The second-order valence-electron chi connectivity index (χ2n) is 11.9. The van der Waals surface area contributed by atoms with Crippen LogP contribution in [-0.4, -0.2) is 23.8 Å². The molecule has 0 spiro atoms. The predicted molar refractivity (Wildman–Crippen MR) is 161 cm³/mol. The lowest BCUT2D eigenvalue weighted by Crippen LogP contribution is -2.49. The molecule has 0 aliphatic heterocycles. The summed E-state index contributed by atoms with van der Waals surface area (Å²) in [5, 5.41) is 13.1. The topological polar surface area (TPSA) is 29.5 Å². The molecule has 1 N–H and O–H groups in total. The first-order valence-electron chi connectivity index (χ1n) is 13.0. The highest BCUT2D eigenvalue weighted by Gasteiger charge is 2.37. The van der Waals surface area contributed by atoms with Gasteiger partial charge >= 0.3 is 7.48 Å². The number of thiophene rings is 1. The first-order chi connectivity index (χ1) is 17.5. The summed E-state index contributed by atoms with van der Waals surface area (Å²) >= 11 is 1.83. The van der Waals surface area contributed by atoms with E-state index in [9.17, 15) is 5.11 Å². The second-order valence-corrected chi connectivity index (χ2v) is 12.9. The normalized spacial score (nSPS) is 14.7. The fourth-order valence-electron chi connectivity index (χ4n) is 5.62. The zero-order valence-corrected chi connectivity index (χ0v) is 23.3. The molecular weight excluding hydrogens is 471 g/mol. The quantitative estimate of drug-likeness (QED) is 0.250. The first kappa shape index (κ1) is 24.4. The molecule has 4 heteroatoms. The van der Waals surface area contributed by atoms with Gasteiger partial charge in [-0.15, -0.1) is 11.3 Å². The molecule has 5 aromatic rings. The van der Waals surface area contributed by atoms with Crippen LogP contribution >= 0.6 is 11.3 Å². The van der Waals surface area contributed by atoms with E-state index in [0.717, 1.165) is 5.46 Å². The molecule has 186 valence electrons. The number of hydrogen-bond acceptors (Lipinski definition) is 3. The van der Waals surface area contributed by atoms with Gasteiger partial charge in [0.1, 0.15) is 0 Å². The SMILES string of the molecule is CC1(C)c2ccccc2-c2c(-c3ccc4sc5cccc(BOC(C)(C)C(C)(C)O)c5c4c3)cccc21. The summed E-state index contributed by atoms with van der Waals surface area (Å²) in [5.74, 6) is 0. The van der Waals surface area contributed by atoms with Crippen molar-refractivity contribution in [2.75, 3.05) is 0 Å². The Labute approximate surface area is 224 Å². The van der Waals surface area contributed by atoms with Crippen LogP contribution in [0.4, 0.5) is 0 Å². The third-order valence-corrected chi connectivity index (χ3v) is 9.70. The fourth-order valence-corrected chi connectivity index (χ4v) is 6.75. The summed E-state index contributed by atoms with van der Waals surface area (Å²) in [4.78, 5) is 0. The molecule has 1 aromatic heterocycles. The maximum Gasteiger partial charge on any atom is 0.310 e. The van der Waals surface area contributed by atoms with Crippen molar-refractivity contribution in [1.82, 2.24) is 0 Å². The highest BCUT2D eigenvalue weighted by Crippen LogP contribution is 2.52. The van der Waals surface area contributed by atoms with Gasteiger partial charge in [-0.1, -0.05) is 74.5 Å². The molecule has 37 heavy (non-hydrogen) atoms. The molecule has 1 heterocycles. The Morgan fingerprint density at radius 2 is 1.49 bits per heavy atom. The zero-order valence-electron chi connectivity index (χ0n) is 22.5. The van der Waals surface area contributed by atoms with Crippen LogP contribution in [0.25, 0.3) is 42.4 Å². The van der Waals surface area contributed by atoms with Crippen LogP contribution in [0.2, 0.25) is 0 Å². The molecule has 6 rings (SSSR count). The molecule has 1 aliphatic rings. The maximum atomic E-state index is 10.6. The van der Waals surface area contributed by atoms with E-state index in [-0.39, 0.29) is 5.41 Å².